The molecule has 0 aliphatic rings. The summed E-state index contributed by atoms with van der Waals surface area (Å²) in [5, 5.41) is 3.19. The van der Waals surface area contributed by atoms with Gasteiger partial charge in [0.15, 0.2) is 5.82 Å². The maximum atomic E-state index is 5.61. The van der Waals surface area contributed by atoms with E-state index < -0.39 is 0 Å². The smallest absolute Gasteiger partial charge is 0.156 e. The molecule has 0 saturated heterocycles. The highest BCUT2D eigenvalue weighted by Gasteiger charge is 2.15. The molecule has 1 aromatic heterocycles. The molecule has 1 rings (SSSR count). The summed E-state index contributed by atoms with van der Waals surface area (Å²) in [7, 11) is 1.71. The molecule has 19 heavy (non-hydrogen) atoms. The zero-order valence-electron chi connectivity index (χ0n) is 12.6. The minimum absolute atomic E-state index is 0.150. The largest absolute Gasteiger partial charge is 0.379 e. The van der Waals surface area contributed by atoms with Gasteiger partial charge in [0.2, 0.25) is 0 Å². The van der Waals surface area contributed by atoms with Crippen LogP contribution in [0.3, 0.4) is 0 Å². The molecule has 0 aliphatic heterocycles. The summed E-state index contributed by atoms with van der Waals surface area (Å²) in [6.45, 7) is 10.00. The van der Waals surface area contributed by atoms with Crippen molar-refractivity contribution in [2.45, 2.75) is 46.3 Å². The van der Waals surface area contributed by atoms with Crippen LogP contribution in [0.4, 0.5) is 5.82 Å². The lowest BCUT2D eigenvalue weighted by Crippen LogP contribution is -2.24. The van der Waals surface area contributed by atoms with E-state index in [0.717, 1.165) is 24.5 Å². The summed E-state index contributed by atoms with van der Waals surface area (Å²) in [4.78, 5) is 8.76. The quantitative estimate of drug-likeness (QED) is 0.734. The third-order valence-electron chi connectivity index (χ3n) is 2.89. The summed E-state index contributed by atoms with van der Waals surface area (Å²) in [6.07, 6.45) is 0.843. The van der Waals surface area contributed by atoms with E-state index in [0.29, 0.717) is 19.0 Å². The second-order valence-corrected chi connectivity index (χ2v) is 5.11. The fraction of sp³-hybridized carbons (Fsp3) is 0.714. The molecule has 0 aliphatic carbocycles. The predicted molar refractivity (Wildman–Crippen MR) is 76.3 cm³/mol. The first kappa shape index (κ1) is 15.9. The topological polar surface area (TPSA) is 56.3 Å². The van der Waals surface area contributed by atoms with Crippen LogP contribution in [0.25, 0.3) is 0 Å². The lowest BCUT2D eigenvalue weighted by atomic mass is 10.1. The number of hydrogen-bond donors (Lipinski definition) is 1. The molecule has 0 radical (unpaired) electrons. The molecule has 0 amide bonds. The Balaban J connectivity index is 2.45. The van der Waals surface area contributed by atoms with Crippen molar-refractivity contribution < 1.29 is 9.47 Å². The molecule has 1 heterocycles. The van der Waals surface area contributed by atoms with E-state index in [1.165, 1.54) is 0 Å². The van der Waals surface area contributed by atoms with Crippen LogP contribution in [0, 0.1) is 6.92 Å². The monoisotopic (exact) mass is 267 g/mol. The Labute approximate surface area is 115 Å². The van der Waals surface area contributed by atoms with E-state index in [1.807, 2.05) is 33.8 Å². The van der Waals surface area contributed by atoms with Crippen LogP contribution < -0.4 is 5.32 Å². The summed E-state index contributed by atoms with van der Waals surface area (Å²) < 4.78 is 11.0. The van der Waals surface area contributed by atoms with Crippen LogP contribution in [0.2, 0.25) is 0 Å². The Hall–Kier alpha value is -1.20. The number of aromatic nitrogens is 2. The van der Waals surface area contributed by atoms with Gasteiger partial charge in [-0.05, 0) is 34.1 Å². The number of methoxy groups -OCH3 is 1. The van der Waals surface area contributed by atoms with Crippen molar-refractivity contribution in [1.82, 2.24) is 9.97 Å². The molecular formula is C14H25N3O2. The van der Waals surface area contributed by atoms with E-state index in [2.05, 4.69) is 15.3 Å². The van der Waals surface area contributed by atoms with Crippen molar-refractivity contribution in [3.63, 3.8) is 0 Å². The summed E-state index contributed by atoms with van der Waals surface area (Å²) in [5.41, 5.74) is 0.796. The highest BCUT2D eigenvalue weighted by atomic mass is 16.5. The molecule has 0 bridgehead atoms. The zero-order chi connectivity index (χ0) is 14.3. The minimum Gasteiger partial charge on any atom is -0.379 e. The number of aryl methyl sites for hydroxylation is 1. The van der Waals surface area contributed by atoms with Crippen molar-refractivity contribution in [3.8, 4) is 0 Å². The highest BCUT2D eigenvalue weighted by molar-refractivity contribution is 5.35. The molecule has 0 atom stereocenters. The lowest BCUT2D eigenvalue weighted by Gasteiger charge is -2.22. The molecule has 0 saturated carbocycles. The van der Waals surface area contributed by atoms with Crippen LogP contribution >= 0.6 is 0 Å². The lowest BCUT2D eigenvalue weighted by molar-refractivity contribution is -0.0132. The second kappa shape index (κ2) is 7.40. The molecule has 0 fully saturated rings. The van der Waals surface area contributed by atoms with E-state index in [1.54, 1.807) is 7.11 Å². The highest BCUT2D eigenvalue weighted by Crippen LogP contribution is 2.13. The van der Waals surface area contributed by atoms with Gasteiger partial charge in [-0.3, -0.25) is 0 Å². The molecule has 0 aromatic carbocycles. The van der Waals surface area contributed by atoms with Crippen molar-refractivity contribution in [3.05, 3.63) is 17.6 Å². The molecule has 0 spiro atoms. The van der Waals surface area contributed by atoms with Gasteiger partial charge in [0.25, 0.3) is 0 Å². The van der Waals surface area contributed by atoms with E-state index >= 15 is 0 Å². The van der Waals surface area contributed by atoms with Crippen LogP contribution in [-0.2, 0) is 16.1 Å². The summed E-state index contributed by atoms with van der Waals surface area (Å²) >= 11 is 0. The van der Waals surface area contributed by atoms with Crippen LogP contribution in [0.5, 0.6) is 0 Å². The Kier molecular flexibility index (Phi) is 6.18. The van der Waals surface area contributed by atoms with Crippen LogP contribution in [0.15, 0.2) is 6.07 Å². The first-order valence-electron chi connectivity index (χ1n) is 6.68. The molecule has 1 aromatic rings. The number of anilines is 1. The molecule has 5 nitrogen and oxygen atoms in total. The van der Waals surface area contributed by atoms with E-state index in [-0.39, 0.29) is 5.60 Å². The van der Waals surface area contributed by atoms with Crippen molar-refractivity contribution in [2.24, 2.45) is 0 Å². The SMILES string of the molecule is CCNc1cc(C)nc(COCCC(C)(C)OC)n1. The van der Waals surface area contributed by atoms with Crippen LogP contribution in [0.1, 0.15) is 38.7 Å². The average Bonchev–Trinajstić information content (AvgIpc) is 2.34. The number of nitrogens with one attached hydrogen (secondary N) is 1. The zero-order valence-corrected chi connectivity index (χ0v) is 12.6. The number of rotatable bonds is 8. The maximum Gasteiger partial charge on any atom is 0.156 e. The standard InChI is InChI=1S/C14H25N3O2/c1-6-15-12-9-11(2)16-13(17-12)10-19-8-7-14(3,4)18-5/h9H,6-8,10H2,1-5H3,(H,15,16,17). The molecular weight excluding hydrogens is 242 g/mol. The Morgan fingerprint density at radius 2 is 2.05 bits per heavy atom. The third-order valence-corrected chi connectivity index (χ3v) is 2.89. The van der Waals surface area contributed by atoms with Gasteiger partial charge >= 0.3 is 0 Å². The molecule has 0 unspecified atom stereocenters. The van der Waals surface area contributed by atoms with Crippen LogP contribution in [-0.4, -0.2) is 35.8 Å². The van der Waals surface area contributed by atoms with Crippen molar-refractivity contribution in [1.29, 1.82) is 0 Å². The predicted octanol–water partition coefficient (Wildman–Crippen LogP) is 2.55. The van der Waals surface area contributed by atoms with Crippen molar-refractivity contribution >= 4 is 5.82 Å². The molecule has 1 N–H and O–H groups in total. The summed E-state index contributed by atoms with van der Waals surface area (Å²) in [6, 6.07) is 1.93. The first-order valence-corrected chi connectivity index (χ1v) is 6.68. The first-order chi connectivity index (χ1) is 8.96. The normalized spacial score (nSPS) is 11.6. The van der Waals surface area contributed by atoms with E-state index in [9.17, 15) is 0 Å². The summed E-state index contributed by atoms with van der Waals surface area (Å²) in [5.74, 6) is 1.57. The maximum absolute atomic E-state index is 5.61. The van der Waals surface area contributed by atoms with Gasteiger partial charge in [-0.1, -0.05) is 0 Å². The van der Waals surface area contributed by atoms with Crippen molar-refractivity contribution in [2.75, 3.05) is 25.6 Å². The van der Waals surface area contributed by atoms with Gasteiger partial charge < -0.3 is 14.8 Å². The Morgan fingerprint density at radius 1 is 1.32 bits per heavy atom. The van der Waals surface area contributed by atoms with Gasteiger partial charge in [0.05, 0.1) is 5.60 Å². The fourth-order valence-corrected chi connectivity index (χ4v) is 1.55. The molecule has 108 valence electrons. The van der Waals surface area contributed by atoms with Gasteiger partial charge in [-0.2, -0.15) is 0 Å². The Morgan fingerprint density at radius 3 is 2.68 bits per heavy atom. The minimum atomic E-state index is -0.150. The number of ether oxygens (including phenoxy) is 2. The molecule has 5 heteroatoms. The van der Waals surface area contributed by atoms with Gasteiger partial charge in [-0.15, -0.1) is 0 Å². The second-order valence-electron chi connectivity index (χ2n) is 5.11. The van der Waals surface area contributed by atoms with Gasteiger partial charge in [-0.25, -0.2) is 9.97 Å². The van der Waals surface area contributed by atoms with Gasteiger partial charge in [0.1, 0.15) is 12.4 Å². The third kappa shape index (κ3) is 5.98. The number of hydrogen-bond acceptors (Lipinski definition) is 5. The van der Waals surface area contributed by atoms with E-state index in [4.69, 9.17) is 9.47 Å². The van der Waals surface area contributed by atoms with Gasteiger partial charge in [0, 0.05) is 32.0 Å². The fourth-order valence-electron chi connectivity index (χ4n) is 1.55. The Bertz CT molecular complexity index is 394. The number of nitrogens with zero attached hydrogens (tertiary/aromatic N) is 2. The average molecular weight is 267 g/mol.